The van der Waals surface area contributed by atoms with Crippen molar-refractivity contribution in [3.8, 4) is 79.3 Å². The molecule has 0 amide bonds. The van der Waals surface area contributed by atoms with Gasteiger partial charge < -0.3 is 9.47 Å². The lowest BCUT2D eigenvalue weighted by molar-refractivity contribution is 0.402. The number of aromatic nitrogens is 4. The average Bonchev–Trinajstić information content (AvgIpc) is 1.56. The third-order valence-electron chi connectivity index (χ3n) is 17.9. The van der Waals surface area contributed by atoms with Crippen molar-refractivity contribution >= 4 is 57.6 Å². The second kappa shape index (κ2) is 28.0. The van der Waals surface area contributed by atoms with Gasteiger partial charge in [-0.15, -0.1) is 0 Å². The van der Waals surface area contributed by atoms with Gasteiger partial charge in [-0.1, -0.05) is 314 Å². The van der Waals surface area contributed by atoms with E-state index < -0.39 is 11.6 Å². The van der Waals surface area contributed by atoms with E-state index in [-0.39, 0.29) is 0 Å². The van der Waals surface area contributed by atoms with Crippen LogP contribution in [-0.2, 0) is 11.6 Å². The van der Waals surface area contributed by atoms with Crippen molar-refractivity contribution in [2.75, 3.05) is 14.2 Å². The first-order valence-electron chi connectivity index (χ1n) is 32.7. The van der Waals surface area contributed by atoms with E-state index in [9.17, 15) is 0 Å². The van der Waals surface area contributed by atoms with E-state index in [4.69, 9.17) is 74.2 Å². The molecule has 484 valence electrons. The summed E-state index contributed by atoms with van der Waals surface area (Å²) in [5.74, 6) is -0.327. The molecule has 2 aromatic heterocycles. The highest BCUT2D eigenvalue weighted by molar-refractivity contribution is 6.55. The number of ether oxygens (including phenoxy) is 2. The smallest absolute Gasteiger partial charge is 0.263 e. The molecular formula is C87H63Cl3N8O2. The lowest BCUT2D eigenvalue weighted by Gasteiger charge is -2.31. The van der Waals surface area contributed by atoms with Crippen molar-refractivity contribution in [2.45, 2.75) is 18.5 Å². The maximum absolute atomic E-state index is 7.31. The molecule has 0 radical (unpaired) electrons. The number of rotatable bonds is 16. The summed E-state index contributed by atoms with van der Waals surface area (Å²) >= 11 is 21.5. The molecule has 2 aliphatic heterocycles. The Balaban J connectivity index is 0.000000163. The van der Waals surface area contributed by atoms with Gasteiger partial charge in [0.05, 0.1) is 74.9 Å². The second-order valence-corrected chi connectivity index (χ2v) is 25.2. The highest BCUT2D eigenvalue weighted by Crippen LogP contribution is 2.51. The van der Waals surface area contributed by atoms with Gasteiger partial charge in [-0.2, -0.15) is 0 Å². The molecule has 0 fully saturated rings. The summed E-state index contributed by atoms with van der Waals surface area (Å²) in [6.07, 6.45) is 0. The number of hydrogen-bond donors (Lipinski definition) is 0. The second-order valence-electron chi connectivity index (χ2n) is 24.0. The lowest BCUT2D eigenvalue weighted by Crippen LogP contribution is -2.32. The van der Waals surface area contributed by atoms with Gasteiger partial charge in [-0.25, -0.2) is 29.9 Å². The van der Waals surface area contributed by atoms with Crippen molar-refractivity contribution in [1.29, 1.82) is 0 Å². The molecule has 0 atom stereocenters. The van der Waals surface area contributed by atoms with Crippen LogP contribution in [0.1, 0.15) is 38.9 Å². The first kappa shape index (κ1) is 64.2. The maximum atomic E-state index is 7.31. The normalized spacial score (nSPS) is 13.5. The minimum absolute atomic E-state index is 0.425. The molecule has 0 unspecified atom stereocenters. The molecule has 2 aliphatic rings. The number of methoxy groups -OCH3 is 2. The van der Waals surface area contributed by atoms with Crippen LogP contribution in [0.25, 0.3) is 67.8 Å². The van der Waals surface area contributed by atoms with Crippen LogP contribution < -0.4 is 9.47 Å². The number of halogens is 3. The average molecular weight is 1360 g/mol. The van der Waals surface area contributed by atoms with Crippen molar-refractivity contribution in [1.82, 2.24) is 19.1 Å². The third-order valence-corrected chi connectivity index (χ3v) is 18.8. The van der Waals surface area contributed by atoms with Gasteiger partial charge in [-0.05, 0) is 61.0 Å². The summed E-state index contributed by atoms with van der Waals surface area (Å²) < 4.78 is 15.5. The number of benzene rings is 12. The number of imidazole rings is 2. The van der Waals surface area contributed by atoms with Gasteiger partial charge in [0.25, 0.3) is 11.6 Å². The van der Waals surface area contributed by atoms with Crippen LogP contribution in [0.15, 0.2) is 348 Å². The molecule has 12 aromatic carbocycles. The lowest BCUT2D eigenvalue weighted by atomic mass is 9.99. The molecule has 0 aliphatic carbocycles. The molecule has 13 heteroatoms. The number of aryl methyl sites for hydroxylation is 1. The molecule has 0 N–H and O–H groups in total. The first-order valence-corrected chi connectivity index (χ1v) is 33.9. The summed E-state index contributed by atoms with van der Waals surface area (Å²) in [7, 11) is 3.24. The zero-order chi connectivity index (χ0) is 68.2. The van der Waals surface area contributed by atoms with Gasteiger partial charge in [0, 0.05) is 66.8 Å². The summed E-state index contributed by atoms with van der Waals surface area (Å²) in [5, 5.41) is 1.48. The Labute approximate surface area is 595 Å². The van der Waals surface area contributed by atoms with E-state index in [0.717, 1.165) is 95.4 Å². The van der Waals surface area contributed by atoms with Crippen LogP contribution in [0.2, 0.25) is 15.1 Å². The Morgan fingerprint density at radius 3 is 0.960 bits per heavy atom. The standard InChI is InChI=1S/C44H32Cl2N4O2.C43H31ClN4/c1-51-33-23-25-35(37(45)27-33)43-47-41(31-19-11-5-12-20-31)42(32-21-13-6-14-22-32)50(43)44(36-26-24-34(52-2)28-38(36)46)48-39(29-15-7-3-8-16-29)40(49-44)30-17-9-4-10-18-30;1-30-18-14-16-28-36(30)43(46-38(31-19-6-2-7-20-31)39(47-43)32-21-8-3-9-22-32)48-41(34-25-12-5-13-26-34)40(33-23-10-4-11-24-33)45-42(48)35-27-15-17-29-37(35)44/h3-28H,1-2H3;2-29H,1H3. The fourth-order valence-corrected chi connectivity index (χ4v) is 13.9. The fourth-order valence-electron chi connectivity index (χ4n) is 13.2. The molecular weight excluding hydrogens is 1300 g/mol. The molecule has 0 bridgehead atoms. The van der Waals surface area contributed by atoms with Crippen LogP contribution in [0.5, 0.6) is 11.5 Å². The predicted octanol–water partition coefficient (Wildman–Crippen LogP) is 21.4. The summed E-state index contributed by atoms with van der Waals surface area (Å²) in [5.41, 5.74) is 18.0. The molecule has 4 heterocycles. The van der Waals surface area contributed by atoms with E-state index in [1.807, 2.05) is 206 Å². The largest absolute Gasteiger partial charge is 0.497 e. The molecule has 0 saturated heterocycles. The zero-order valence-corrected chi connectivity index (χ0v) is 57.0. The van der Waals surface area contributed by atoms with Gasteiger partial charge in [-0.3, -0.25) is 9.13 Å². The van der Waals surface area contributed by atoms with E-state index in [2.05, 4.69) is 125 Å². The number of nitrogens with zero attached hydrogens (tertiary/aromatic N) is 8. The summed E-state index contributed by atoms with van der Waals surface area (Å²) in [4.78, 5) is 33.8. The Bertz CT molecular complexity index is 5310. The van der Waals surface area contributed by atoms with E-state index in [1.54, 1.807) is 26.4 Å². The highest BCUT2D eigenvalue weighted by atomic mass is 35.5. The minimum atomic E-state index is -1.51. The minimum Gasteiger partial charge on any atom is -0.497 e. The van der Waals surface area contributed by atoms with E-state index in [0.29, 0.717) is 60.8 Å². The SMILES string of the molecule is COc1ccc(-c2nc(-c3ccccc3)c(-c3ccccc3)n2C2(c3ccc(OC)cc3Cl)N=C(c3ccccc3)C(c3ccccc3)=N2)c(Cl)c1.Cc1ccccc1C1(n2c(-c3ccccc3Cl)nc(-c3ccccc3)c2-c2ccccc2)N=C(c2ccccc2)C(c2ccccc2)=N1. The fraction of sp³-hybridized carbons (Fsp3) is 0.0575. The van der Waals surface area contributed by atoms with Crippen LogP contribution >= 0.6 is 34.8 Å². The topological polar surface area (TPSA) is 104 Å². The Morgan fingerprint density at radius 1 is 0.290 bits per heavy atom. The van der Waals surface area contributed by atoms with Crippen molar-refractivity contribution < 1.29 is 9.47 Å². The van der Waals surface area contributed by atoms with E-state index >= 15 is 0 Å². The van der Waals surface area contributed by atoms with Crippen molar-refractivity contribution in [3.05, 3.63) is 382 Å². The Hall–Kier alpha value is -11.8. The molecule has 0 spiro atoms. The van der Waals surface area contributed by atoms with Gasteiger partial charge >= 0.3 is 0 Å². The van der Waals surface area contributed by atoms with Gasteiger partial charge in [0.1, 0.15) is 23.1 Å². The Kier molecular flexibility index (Phi) is 18.0. The van der Waals surface area contributed by atoms with Gasteiger partial charge in [0.2, 0.25) is 0 Å². The predicted molar refractivity (Wildman–Crippen MR) is 409 cm³/mol. The molecule has 10 nitrogen and oxygen atoms in total. The zero-order valence-electron chi connectivity index (χ0n) is 54.7. The van der Waals surface area contributed by atoms with Crippen molar-refractivity contribution in [3.63, 3.8) is 0 Å². The molecule has 100 heavy (non-hydrogen) atoms. The number of hydrogen-bond acceptors (Lipinski definition) is 8. The van der Waals surface area contributed by atoms with Crippen LogP contribution in [0.3, 0.4) is 0 Å². The monoisotopic (exact) mass is 1360 g/mol. The third kappa shape index (κ3) is 12.0. The molecule has 0 saturated carbocycles. The van der Waals surface area contributed by atoms with E-state index in [1.165, 1.54) is 0 Å². The van der Waals surface area contributed by atoms with Crippen LogP contribution in [0.4, 0.5) is 0 Å². The highest BCUT2D eigenvalue weighted by Gasteiger charge is 2.48. The number of aliphatic imine (C=N–C) groups is 4. The maximum Gasteiger partial charge on any atom is 0.263 e. The summed E-state index contributed by atoms with van der Waals surface area (Å²) in [6.45, 7) is 2.12. The van der Waals surface area contributed by atoms with Crippen molar-refractivity contribution in [2.24, 2.45) is 20.0 Å². The quantitative estimate of drug-likeness (QED) is 0.0961. The Morgan fingerprint density at radius 2 is 0.600 bits per heavy atom. The summed E-state index contributed by atoms with van der Waals surface area (Å²) in [6, 6.07) is 109. The van der Waals surface area contributed by atoms with Crippen LogP contribution in [0, 0.1) is 6.92 Å². The molecule has 14 aromatic rings. The van der Waals surface area contributed by atoms with Crippen LogP contribution in [-0.4, -0.2) is 56.2 Å². The first-order chi connectivity index (χ1) is 49.1. The van der Waals surface area contributed by atoms with Gasteiger partial charge in [0.15, 0.2) is 0 Å². The molecule has 16 rings (SSSR count).